The van der Waals surface area contributed by atoms with Crippen molar-refractivity contribution in [3.63, 3.8) is 0 Å². The maximum Gasteiger partial charge on any atom is 0.248 e. The fraction of sp³-hybridized carbons (Fsp3) is 0.471. The molecule has 1 saturated carbocycles. The summed E-state index contributed by atoms with van der Waals surface area (Å²) in [6.45, 7) is 5.87. The van der Waals surface area contributed by atoms with Gasteiger partial charge in [0.05, 0.1) is 17.6 Å². The molecule has 0 radical (unpaired) electrons. The fourth-order valence-corrected chi connectivity index (χ4v) is 3.13. The highest BCUT2D eigenvalue weighted by Gasteiger charge is 2.35. The highest BCUT2D eigenvalue weighted by atomic mass is 19.3. The molecule has 0 bridgehead atoms. The van der Waals surface area contributed by atoms with Gasteiger partial charge in [0.25, 0.3) is 0 Å². The van der Waals surface area contributed by atoms with Crippen LogP contribution in [0.3, 0.4) is 0 Å². The van der Waals surface area contributed by atoms with Crippen molar-refractivity contribution in [3.8, 4) is 0 Å². The lowest BCUT2D eigenvalue weighted by Crippen LogP contribution is -2.27. The van der Waals surface area contributed by atoms with Gasteiger partial charge in [-0.3, -0.25) is 4.79 Å². The second kappa shape index (κ2) is 6.30. The number of hydrogen-bond donors (Lipinski definition) is 1. The van der Waals surface area contributed by atoms with E-state index in [9.17, 15) is 13.6 Å². The number of fused-ring (bicyclic) bond motifs is 1. The number of nitrogens with one attached hydrogen (secondary N) is 1. The van der Waals surface area contributed by atoms with E-state index in [2.05, 4.69) is 22.0 Å². The van der Waals surface area contributed by atoms with E-state index in [1.54, 1.807) is 10.9 Å². The van der Waals surface area contributed by atoms with Gasteiger partial charge in [-0.1, -0.05) is 6.58 Å². The van der Waals surface area contributed by atoms with Crippen molar-refractivity contribution >= 4 is 22.6 Å². The molecule has 1 amide bonds. The molecule has 5 nitrogen and oxygen atoms in total. The van der Waals surface area contributed by atoms with Crippen LogP contribution in [-0.2, 0) is 11.3 Å². The van der Waals surface area contributed by atoms with Crippen LogP contribution < -0.4 is 5.32 Å². The molecule has 3 rings (SSSR count). The minimum absolute atomic E-state index is 0.0546. The lowest BCUT2D eigenvalue weighted by molar-refractivity contribution is -0.111. The Hall–Kier alpha value is -2.31. The van der Waals surface area contributed by atoms with Crippen molar-refractivity contribution in [3.05, 3.63) is 30.6 Å². The van der Waals surface area contributed by atoms with Crippen molar-refractivity contribution in [2.45, 2.75) is 45.1 Å². The van der Waals surface area contributed by atoms with Crippen LogP contribution in [0.5, 0.6) is 0 Å². The summed E-state index contributed by atoms with van der Waals surface area (Å²) in [7, 11) is 0. The Morgan fingerprint density at radius 2 is 2.21 bits per heavy atom. The van der Waals surface area contributed by atoms with Crippen LogP contribution in [0, 0.1) is 12.8 Å². The van der Waals surface area contributed by atoms with Gasteiger partial charge in [-0.2, -0.15) is 5.10 Å². The number of aromatic nitrogens is 3. The minimum Gasteiger partial charge on any atom is -0.321 e. The molecular weight excluding hydrogens is 314 g/mol. The van der Waals surface area contributed by atoms with Crippen molar-refractivity contribution < 1.29 is 13.6 Å². The number of carbonyl (C=O) groups is 1. The largest absolute Gasteiger partial charge is 0.321 e. The molecule has 0 atom stereocenters. The fourth-order valence-electron chi connectivity index (χ4n) is 3.13. The molecule has 1 aliphatic carbocycles. The number of hydrogen-bond acceptors (Lipinski definition) is 3. The Morgan fingerprint density at radius 1 is 1.50 bits per heavy atom. The highest BCUT2D eigenvalue weighted by molar-refractivity contribution is 5.99. The van der Waals surface area contributed by atoms with Gasteiger partial charge in [-0.15, -0.1) is 0 Å². The summed E-state index contributed by atoms with van der Waals surface area (Å²) in [6, 6.07) is 1.82. The SMILES string of the molecule is C=CC(=O)Nc1cnc2c(c1)c(C)nn2CC1CCC(F)(F)CC1. The molecule has 0 saturated heterocycles. The molecular formula is C17H20F2N4O. The van der Waals surface area contributed by atoms with Crippen LogP contribution in [0.15, 0.2) is 24.9 Å². The number of pyridine rings is 1. The monoisotopic (exact) mass is 334 g/mol. The molecule has 2 aromatic rings. The van der Waals surface area contributed by atoms with Gasteiger partial charge >= 0.3 is 0 Å². The van der Waals surface area contributed by atoms with Gasteiger partial charge in [0.15, 0.2) is 5.65 Å². The highest BCUT2D eigenvalue weighted by Crippen LogP contribution is 2.37. The lowest BCUT2D eigenvalue weighted by Gasteiger charge is -2.28. The van der Waals surface area contributed by atoms with Crippen LogP contribution in [0.2, 0.25) is 0 Å². The number of alkyl halides is 2. The third kappa shape index (κ3) is 3.44. The molecule has 0 unspecified atom stereocenters. The first kappa shape index (κ1) is 16.5. The number of carbonyl (C=O) groups excluding carboxylic acids is 1. The van der Waals surface area contributed by atoms with E-state index in [0.717, 1.165) is 11.1 Å². The summed E-state index contributed by atoms with van der Waals surface area (Å²) in [5.41, 5.74) is 2.09. The number of nitrogens with zero attached hydrogens (tertiary/aromatic N) is 3. The average molecular weight is 334 g/mol. The smallest absolute Gasteiger partial charge is 0.248 e. The first-order valence-electron chi connectivity index (χ1n) is 8.02. The van der Waals surface area contributed by atoms with E-state index < -0.39 is 5.92 Å². The number of halogens is 2. The summed E-state index contributed by atoms with van der Waals surface area (Å²) in [5.74, 6) is -2.63. The number of amides is 1. The first-order valence-corrected chi connectivity index (χ1v) is 8.02. The first-order chi connectivity index (χ1) is 11.4. The molecule has 128 valence electrons. The molecule has 1 aliphatic rings. The average Bonchev–Trinajstić information content (AvgIpc) is 2.85. The molecule has 7 heteroatoms. The number of aryl methyl sites for hydroxylation is 1. The molecule has 2 heterocycles. The molecule has 24 heavy (non-hydrogen) atoms. The van der Waals surface area contributed by atoms with E-state index >= 15 is 0 Å². The normalized spacial score (nSPS) is 17.8. The molecule has 1 fully saturated rings. The van der Waals surface area contributed by atoms with Crippen LogP contribution in [0.4, 0.5) is 14.5 Å². The van der Waals surface area contributed by atoms with Gasteiger partial charge < -0.3 is 5.32 Å². The zero-order valence-electron chi connectivity index (χ0n) is 13.6. The van der Waals surface area contributed by atoms with Crippen LogP contribution in [0.25, 0.3) is 11.0 Å². The predicted molar refractivity (Wildman–Crippen MR) is 88.0 cm³/mol. The number of anilines is 1. The second-order valence-corrected chi connectivity index (χ2v) is 6.36. The zero-order valence-corrected chi connectivity index (χ0v) is 13.6. The van der Waals surface area contributed by atoms with Crippen molar-refractivity contribution in [1.29, 1.82) is 0 Å². The summed E-state index contributed by atoms with van der Waals surface area (Å²) in [6.07, 6.45) is 3.65. The van der Waals surface area contributed by atoms with Gasteiger partial charge in [-0.05, 0) is 37.8 Å². The molecule has 1 N–H and O–H groups in total. The van der Waals surface area contributed by atoms with E-state index in [0.29, 0.717) is 30.7 Å². The minimum atomic E-state index is -2.52. The lowest BCUT2D eigenvalue weighted by atomic mass is 9.87. The standard InChI is InChI=1S/C17H20F2N4O/c1-3-15(24)21-13-8-14-11(2)22-23(16(14)20-9-13)10-12-4-6-17(18,19)7-5-12/h3,8-9,12H,1,4-7,10H2,2H3,(H,21,24). The Bertz CT molecular complexity index is 774. The molecule has 0 spiro atoms. The van der Waals surface area contributed by atoms with E-state index in [1.165, 1.54) is 6.08 Å². The van der Waals surface area contributed by atoms with Crippen molar-refractivity contribution in [2.24, 2.45) is 5.92 Å². The van der Waals surface area contributed by atoms with E-state index in [1.807, 2.05) is 13.0 Å². The van der Waals surface area contributed by atoms with Gasteiger partial charge in [0.1, 0.15) is 0 Å². The summed E-state index contributed by atoms with van der Waals surface area (Å²) in [4.78, 5) is 15.8. The van der Waals surface area contributed by atoms with Crippen LogP contribution in [-0.4, -0.2) is 26.6 Å². The van der Waals surface area contributed by atoms with Gasteiger partial charge in [0, 0.05) is 24.8 Å². The summed E-state index contributed by atoms with van der Waals surface area (Å²) >= 11 is 0. The number of rotatable bonds is 4. The third-order valence-corrected chi connectivity index (χ3v) is 4.49. The van der Waals surface area contributed by atoms with Crippen molar-refractivity contribution in [1.82, 2.24) is 14.8 Å². The Kier molecular flexibility index (Phi) is 4.34. The van der Waals surface area contributed by atoms with E-state index in [-0.39, 0.29) is 24.7 Å². The maximum atomic E-state index is 13.3. The predicted octanol–water partition coefficient (Wildman–Crippen LogP) is 3.69. The third-order valence-electron chi connectivity index (χ3n) is 4.49. The van der Waals surface area contributed by atoms with Crippen LogP contribution in [0.1, 0.15) is 31.4 Å². The van der Waals surface area contributed by atoms with Gasteiger partial charge in [0.2, 0.25) is 11.8 Å². The summed E-state index contributed by atoms with van der Waals surface area (Å²) < 4.78 is 28.3. The Morgan fingerprint density at radius 3 is 2.88 bits per heavy atom. The molecule has 0 aromatic carbocycles. The second-order valence-electron chi connectivity index (χ2n) is 6.36. The van der Waals surface area contributed by atoms with Crippen molar-refractivity contribution in [2.75, 3.05) is 5.32 Å². The summed E-state index contributed by atoms with van der Waals surface area (Å²) in [5, 5.41) is 8.01. The maximum absolute atomic E-state index is 13.3. The Balaban J connectivity index is 1.80. The van der Waals surface area contributed by atoms with Crippen LogP contribution >= 0.6 is 0 Å². The Labute approximate surface area is 138 Å². The molecule has 2 aromatic heterocycles. The zero-order chi connectivity index (χ0) is 17.3. The quantitative estimate of drug-likeness (QED) is 0.868. The molecule has 0 aliphatic heterocycles. The topological polar surface area (TPSA) is 59.8 Å². The van der Waals surface area contributed by atoms with E-state index in [4.69, 9.17) is 0 Å². The van der Waals surface area contributed by atoms with Gasteiger partial charge in [-0.25, -0.2) is 18.4 Å².